The average molecular weight is 637 g/mol. The van der Waals surface area contributed by atoms with Crippen LogP contribution in [0.25, 0.3) is 0 Å². The zero-order valence-corrected chi connectivity index (χ0v) is 25.1. The maximum Gasteiger partial charge on any atom is 0.303 e. The Labute approximate surface area is 251 Å². The number of carbonyl (C=O) groups is 7. The van der Waals surface area contributed by atoms with Crippen LogP contribution < -0.4 is 0 Å². The lowest BCUT2D eigenvalue weighted by molar-refractivity contribution is -0.330. The van der Waals surface area contributed by atoms with E-state index in [-0.39, 0.29) is 0 Å². The SMILES string of the molecule is CC(=O)OC[C@H]1O[C@@H](OC[C@H]2OC(O)[C@H](OC(C)=O)[C@@H](OC(C)=O)[C@H]2OC(C)=O)[C@H](OC(C)=O)[C@@H](OC(C)=O)[C@H]1OC(C)=O. The van der Waals surface area contributed by atoms with Gasteiger partial charge in [-0.05, 0) is 0 Å². The molecule has 18 heteroatoms. The van der Waals surface area contributed by atoms with Crippen LogP contribution in [0.4, 0.5) is 0 Å². The summed E-state index contributed by atoms with van der Waals surface area (Å²) in [7, 11) is 0. The highest BCUT2D eigenvalue weighted by Crippen LogP contribution is 2.32. The van der Waals surface area contributed by atoms with Crippen LogP contribution in [0.2, 0.25) is 0 Å². The lowest BCUT2D eigenvalue weighted by Crippen LogP contribution is -2.64. The molecule has 18 nitrogen and oxygen atoms in total. The van der Waals surface area contributed by atoms with Crippen LogP contribution in [0, 0.1) is 0 Å². The number of aliphatic hydroxyl groups excluding tert-OH is 1. The highest BCUT2D eigenvalue weighted by Gasteiger charge is 2.55. The van der Waals surface area contributed by atoms with Gasteiger partial charge in [0, 0.05) is 48.5 Å². The molecule has 0 aliphatic carbocycles. The Bertz CT molecular complexity index is 1090. The van der Waals surface area contributed by atoms with Crippen molar-refractivity contribution in [3.63, 3.8) is 0 Å². The van der Waals surface area contributed by atoms with Crippen LogP contribution in [-0.2, 0) is 80.9 Å². The Morgan fingerprint density at radius 2 is 0.841 bits per heavy atom. The number of aliphatic hydroxyl groups is 1. The van der Waals surface area contributed by atoms with E-state index in [4.69, 9.17) is 47.4 Å². The monoisotopic (exact) mass is 636 g/mol. The zero-order valence-electron chi connectivity index (χ0n) is 25.1. The van der Waals surface area contributed by atoms with Crippen molar-refractivity contribution >= 4 is 41.8 Å². The molecule has 2 rings (SSSR count). The van der Waals surface area contributed by atoms with E-state index in [1.807, 2.05) is 0 Å². The second-order valence-corrected chi connectivity index (χ2v) is 9.69. The normalized spacial score (nSPS) is 31.5. The summed E-state index contributed by atoms with van der Waals surface area (Å²) in [5.41, 5.74) is 0. The van der Waals surface area contributed by atoms with Gasteiger partial charge in [0.05, 0.1) is 6.61 Å². The van der Waals surface area contributed by atoms with E-state index in [0.717, 1.165) is 48.5 Å². The molecule has 44 heavy (non-hydrogen) atoms. The number of hydrogen-bond acceptors (Lipinski definition) is 18. The third kappa shape index (κ3) is 10.7. The number of rotatable bonds is 11. The highest BCUT2D eigenvalue weighted by atomic mass is 16.7. The van der Waals surface area contributed by atoms with Crippen molar-refractivity contribution in [2.75, 3.05) is 13.2 Å². The van der Waals surface area contributed by atoms with Crippen molar-refractivity contribution in [1.29, 1.82) is 0 Å². The molecule has 0 spiro atoms. The van der Waals surface area contributed by atoms with Gasteiger partial charge >= 0.3 is 41.8 Å². The number of carbonyl (C=O) groups excluding carboxylic acids is 7. The Hall–Kier alpha value is -3.87. The van der Waals surface area contributed by atoms with Gasteiger partial charge in [0.2, 0.25) is 0 Å². The van der Waals surface area contributed by atoms with Gasteiger partial charge in [0.25, 0.3) is 0 Å². The fraction of sp³-hybridized carbons (Fsp3) is 0.731. The molecule has 0 aromatic rings. The first-order chi connectivity index (χ1) is 20.5. The minimum Gasteiger partial charge on any atom is -0.463 e. The molecule has 2 aliphatic heterocycles. The second-order valence-electron chi connectivity index (χ2n) is 9.69. The second kappa shape index (κ2) is 16.3. The van der Waals surface area contributed by atoms with Crippen LogP contribution in [0.3, 0.4) is 0 Å². The van der Waals surface area contributed by atoms with E-state index in [1.54, 1.807) is 0 Å². The summed E-state index contributed by atoms with van der Waals surface area (Å²) in [6.07, 6.45) is -15.6. The molecule has 0 aromatic carbocycles. The van der Waals surface area contributed by atoms with Gasteiger partial charge in [-0.1, -0.05) is 0 Å². The summed E-state index contributed by atoms with van der Waals surface area (Å²) < 4.78 is 53.7. The largest absolute Gasteiger partial charge is 0.463 e. The topological polar surface area (TPSA) is 232 Å². The van der Waals surface area contributed by atoms with Crippen LogP contribution in [0.1, 0.15) is 48.5 Å². The van der Waals surface area contributed by atoms with E-state index in [0.29, 0.717) is 0 Å². The Morgan fingerprint density at radius 3 is 1.27 bits per heavy atom. The van der Waals surface area contributed by atoms with Crippen LogP contribution in [0.15, 0.2) is 0 Å². The lowest BCUT2D eigenvalue weighted by Gasteiger charge is -2.45. The molecule has 2 fully saturated rings. The summed E-state index contributed by atoms with van der Waals surface area (Å²) in [6.45, 7) is 6.15. The minimum atomic E-state index is -1.90. The summed E-state index contributed by atoms with van der Waals surface area (Å²) in [4.78, 5) is 83.0. The number of esters is 7. The first-order valence-electron chi connectivity index (χ1n) is 13.3. The van der Waals surface area contributed by atoms with Crippen LogP contribution in [0.5, 0.6) is 0 Å². The Morgan fingerprint density at radius 1 is 0.477 bits per heavy atom. The molecule has 2 saturated heterocycles. The van der Waals surface area contributed by atoms with Crippen molar-refractivity contribution in [3.05, 3.63) is 0 Å². The van der Waals surface area contributed by atoms with Gasteiger partial charge in [-0.25, -0.2) is 0 Å². The summed E-state index contributed by atoms with van der Waals surface area (Å²) in [6, 6.07) is 0. The predicted molar refractivity (Wildman–Crippen MR) is 135 cm³/mol. The van der Waals surface area contributed by atoms with Crippen molar-refractivity contribution in [1.82, 2.24) is 0 Å². The number of ether oxygens (including phenoxy) is 10. The van der Waals surface area contributed by atoms with Gasteiger partial charge in [-0.2, -0.15) is 0 Å². The molecule has 1 N–H and O–H groups in total. The van der Waals surface area contributed by atoms with Gasteiger partial charge in [-0.15, -0.1) is 0 Å². The molecule has 2 heterocycles. The van der Waals surface area contributed by atoms with Gasteiger partial charge in [-0.3, -0.25) is 33.6 Å². The van der Waals surface area contributed by atoms with E-state index in [9.17, 15) is 38.7 Å². The smallest absolute Gasteiger partial charge is 0.303 e. The third-order valence-corrected chi connectivity index (χ3v) is 5.89. The number of hydrogen-bond donors (Lipinski definition) is 1. The van der Waals surface area contributed by atoms with Crippen molar-refractivity contribution in [2.24, 2.45) is 0 Å². The first kappa shape index (κ1) is 36.3. The van der Waals surface area contributed by atoms with Crippen LogP contribution in [-0.4, -0.2) is 122 Å². The standard InChI is InChI=1S/C26H36O18/c1-10(27)35-8-18-20(38-12(3)29)22(40-14(5)31)24(42-16(7)33)26(44-18)36-9-17-19(37-11(2)28)21(39-13(4)30)23(25(34)43-17)41-15(6)32/h17-26,34H,8-9H2,1-7H3/t17-,18-,19+,20+,21+,22+,23-,24-,25?,26-/m1/s1. The van der Waals surface area contributed by atoms with E-state index >= 15 is 0 Å². The predicted octanol–water partition coefficient (Wildman–Crippen LogP) is -1.40. The van der Waals surface area contributed by atoms with E-state index in [1.165, 1.54) is 0 Å². The highest BCUT2D eigenvalue weighted by molar-refractivity contribution is 5.69. The maximum atomic E-state index is 12.1. The van der Waals surface area contributed by atoms with Crippen LogP contribution >= 0.6 is 0 Å². The molecule has 2 aliphatic rings. The van der Waals surface area contributed by atoms with Crippen molar-refractivity contribution in [3.8, 4) is 0 Å². The average Bonchev–Trinajstić information content (AvgIpc) is 2.87. The molecule has 0 radical (unpaired) electrons. The zero-order chi connectivity index (χ0) is 33.3. The molecule has 248 valence electrons. The molecular formula is C26H36O18. The van der Waals surface area contributed by atoms with Crippen molar-refractivity contribution in [2.45, 2.75) is 110 Å². The molecule has 1 unspecified atom stereocenters. The molecule has 10 atom stereocenters. The summed E-state index contributed by atoms with van der Waals surface area (Å²) in [5, 5.41) is 10.6. The van der Waals surface area contributed by atoms with E-state index in [2.05, 4.69) is 0 Å². The Balaban J connectivity index is 2.48. The van der Waals surface area contributed by atoms with E-state index < -0.39 is 116 Å². The molecule has 0 saturated carbocycles. The third-order valence-electron chi connectivity index (χ3n) is 5.89. The van der Waals surface area contributed by atoms with Gasteiger partial charge < -0.3 is 52.5 Å². The molecular weight excluding hydrogens is 600 g/mol. The van der Waals surface area contributed by atoms with Crippen molar-refractivity contribution < 1.29 is 86.0 Å². The minimum absolute atomic E-state index is 0.523. The maximum absolute atomic E-state index is 12.1. The summed E-state index contributed by atoms with van der Waals surface area (Å²) in [5.74, 6) is -5.94. The molecule has 0 aromatic heterocycles. The fourth-order valence-corrected chi connectivity index (χ4v) is 4.52. The molecule has 0 bridgehead atoms. The fourth-order valence-electron chi connectivity index (χ4n) is 4.52. The first-order valence-corrected chi connectivity index (χ1v) is 13.3. The molecule has 0 amide bonds. The van der Waals surface area contributed by atoms with Gasteiger partial charge in [0.1, 0.15) is 18.8 Å². The Kier molecular flexibility index (Phi) is 13.4. The quantitative estimate of drug-likeness (QED) is 0.203. The van der Waals surface area contributed by atoms with Gasteiger partial charge in [0.15, 0.2) is 49.2 Å². The lowest BCUT2D eigenvalue weighted by atomic mass is 9.97. The summed E-state index contributed by atoms with van der Waals surface area (Å²) >= 11 is 0.